The van der Waals surface area contributed by atoms with Gasteiger partial charge < -0.3 is 9.84 Å². The molecule has 6 heteroatoms. The first-order valence-electron chi connectivity index (χ1n) is 5.78. The summed E-state index contributed by atoms with van der Waals surface area (Å²) in [7, 11) is 0. The van der Waals surface area contributed by atoms with E-state index in [1.807, 2.05) is 19.9 Å². The predicted octanol–water partition coefficient (Wildman–Crippen LogP) is 1.86. The van der Waals surface area contributed by atoms with Gasteiger partial charge in [0.15, 0.2) is 0 Å². The van der Waals surface area contributed by atoms with E-state index >= 15 is 0 Å². The van der Waals surface area contributed by atoms with Crippen LogP contribution in [0.4, 0.5) is 4.79 Å². The molecule has 0 aliphatic carbocycles. The van der Waals surface area contributed by atoms with E-state index in [9.17, 15) is 9.59 Å². The van der Waals surface area contributed by atoms with Gasteiger partial charge in [-0.3, -0.25) is 4.90 Å². The smallest absolute Gasteiger partial charge is 0.410 e. The Morgan fingerprint density at radius 1 is 1.44 bits per heavy atom. The highest BCUT2D eigenvalue weighted by Gasteiger charge is 2.38. The molecule has 0 rings (SSSR count). The maximum Gasteiger partial charge on any atom is 0.410 e. The van der Waals surface area contributed by atoms with Crippen LogP contribution in [0.5, 0.6) is 0 Å². The number of carboxylic acids is 1. The van der Waals surface area contributed by atoms with Gasteiger partial charge in [0.05, 0.1) is 19.1 Å². The van der Waals surface area contributed by atoms with Crippen molar-refractivity contribution >= 4 is 12.1 Å². The van der Waals surface area contributed by atoms with Crippen molar-refractivity contribution in [1.29, 1.82) is 5.26 Å². The molecular formula is C12H20N2O4. The standard InChI is InChI=1S/C12H20N2O4/c1-9(2)8-18-11(17)14(7-5-6-13)12(3,4)10(15)16/h9H,5,7-8H2,1-4H3,(H,15,16). The molecule has 1 N–H and O–H groups in total. The maximum atomic E-state index is 11.8. The zero-order valence-electron chi connectivity index (χ0n) is 11.3. The Hall–Kier alpha value is -1.77. The number of carboxylic acid groups (broad SMARTS) is 1. The van der Waals surface area contributed by atoms with E-state index in [-0.39, 0.29) is 25.5 Å². The van der Waals surface area contributed by atoms with Gasteiger partial charge in [0.1, 0.15) is 5.54 Å². The summed E-state index contributed by atoms with van der Waals surface area (Å²) in [6, 6.07) is 1.89. The fraction of sp³-hybridized carbons (Fsp3) is 0.750. The van der Waals surface area contributed by atoms with Crippen molar-refractivity contribution in [3.8, 4) is 6.07 Å². The van der Waals surface area contributed by atoms with Crippen LogP contribution in [0.15, 0.2) is 0 Å². The van der Waals surface area contributed by atoms with Crippen molar-refractivity contribution in [2.45, 2.75) is 39.7 Å². The average molecular weight is 256 g/mol. The minimum Gasteiger partial charge on any atom is -0.480 e. The van der Waals surface area contributed by atoms with Crippen LogP contribution < -0.4 is 0 Å². The predicted molar refractivity (Wildman–Crippen MR) is 64.8 cm³/mol. The number of nitrogens with zero attached hydrogens (tertiary/aromatic N) is 2. The maximum absolute atomic E-state index is 11.8. The van der Waals surface area contributed by atoms with Crippen molar-refractivity contribution < 1.29 is 19.4 Å². The summed E-state index contributed by atoms with van der Waals surface area (Å²) in [5.41, 5.74) is -1.40. The number of hydrogen-bond acceptors (Lipinski definition) is 4. The SMILES string of the molecule is CC(C)COC(=O)N(CCC#N)C(C)(C)C(=O)O. The molecule has 18 heavy (non-hydrogen) atoms. The zero-order chi connectivity index (χ0) is 14.3. The molecule has 0 aromatic rings. The van der Waals surface area contributed by atoms with Gasteiger partial charge in [-0.15, -0.1) is 0 Å². The first kappa shape index (κ1) is 16.2. The summed E-state index contributed by atoms with van der Waals surface area (Å²) < 4.78 is 5.01. The highest BCUT2D eigenvalue weighted by molar-refractivity contribution is 5.83. The number of nitriles is 1. The highest BCUT2D eigenvalue weighted by atomic mass is 16.6. The summed E-state index contributed by atoms with van der Waals surface area (Å²) in [5.74, 6) is -0.971. The summed E-state index contributed by atoms with van der Waals surface area (Å²) >= 11 is 0. The molecule has 0 saturated heterocycles. The van der Waals surface area contributed by atoms with Crippen LogP contribution in [0.3, 0.4) is 0 Å². The van der Waals surface area contributed by atoms with Crippen LogP contribution in [0.25, 0.3) is 0 Å². The molecule has 0 bridgehead atoms. The molecule has 0 atom stereocenters. The molecule has 0 heterocycles. The summed E-state index contributed by atoms with van der Waals surface area (Å²) in [6.45, 7) is 6.83. The fourth-order valence-electron chi connectivity index (χ4n) is 1.19. The van der Waals surface area contributed by atoms with E-state index in [2.05, 4.69) is 0 Å². The lowest BCUT2D eigenvalue weighted by atomic mass is 10.0. The second-order valence-electron chi connectivity index (χ2n) is 4.89. The Bertz CT molecular complexity index is 344. The number of carbonyl (C=O) groups excluding carboxylic acids is 1. The number of rotatable bonds is 6. The first-order valence-corrected chi connectivity index (χ1v) is 5.78. The third-order valence-corrected chi connectivity index (χ3v) is 2.41. The summed E-state index contributed by atoms with van der Waals surface area (Å²) in [6.07, 6.45) is -0.639. The van der Waals surface area contributed by atoms with Gasteiger partial charge in [0.2, 0.25) is 0 Å². The zero-order valence-corrected chi connectivity index (χ0v) is 11.3. The molecule has 0 aromatic heterocycles. The molecule has 1 amide bonds. The van der Waals surface area contributed by atoms with Crippen molar-refractivity contribution in [2.24, 2.45) is 5.92 Å². The minimum atomic E-state index is -1.40. The van der Waals surface area contributed by atoms with E-state index in [4.69, 9.17) is 15.1 Å². The lowest BCUT2D eigenvalue weighted by Crippen LogP contribution is -2.53. The van der Waals surface area contributed by atoms with Crippen LogP contribution in [-0.4, -0.2) is 40.8 Å². The summed E-state index contributed by atoms with van der Waals surface area (Å²) in [5, 5.41) is 17.6. The third kappa shape index (κ3) is 4.62. The van der Waals surface area contributed by atoms with Gasteiger partial charge in [-0.1, -0.05) is 13.8 Å². The molecule has 0 radical (unpaired) electrons. The van der Waals surface area contributed by atoms with Gasteiger partial charge in [0.25, 0.3) is 0 Å². The number of hydrogen-bond donors (Lipinski definition) is 1. The second-order valence-corrected chi connectivity index (χ2v) is 4.89. The first-order chi connectivity index (χ1) is 8.23. The molecule has 0 unspecified atom stereocenters. The Morgan fingerprint density at radius 3 is 2.39 bits per heavy atom. The van der Waals surface area contributed by atoms with Crippen molar-refractivity contribution in [2.75, 3.05) is 13.2 Å². The molecule has 0 aromatic carbocycles. The van der Waals surface area contributed by atoms with Gasteiger partial charge >= 0.3 is 12.1 Å². The lowest BCUT2D eigenvalue weighted by molar-refractivity contribution is -0.148. The summed E-state index contributed by atoms with van der Waals surface area (Å²) in [4.78, 5) is 24.0. The minimum absolute atomic E-state index is 0.0345. The largest absolute Gasteiger partial charge is 0.480 e. The van der Waals surface area contributed by atoms with Crippen molar-refractivity contribution in [1.82, 2.24) is 4.90 Å². The molecule has 0 fully saturated rings. The lowest BCUT2D eigenvalue weighted by Gasteiger charge is -2.33. The monoisotopic (exact) mass is 256 g/mol. The van der Waals surface area contributed by atoms with Crippen LogP contribution in [0.1, 0.15) is 34.1 Å². The number of carbonyl (C=O) groups is 2. The van der Waals surface area contributed by atoms with Gasteiger partial charge in [-0.25, -0.2) is 9.59 Å². The van der Waals surface area contributed by atoms with Crippen LogP contribution >= 0.6 is 0 Å². The third-order valence-electron chi connectivity index (χ3n) is 2.41. The number of aliphatic carboxylic acids is 1. The van der Waals surface area contributed by atoms with Gasteiger partial charge in [-0.2, -0.15) is 5.26 Å². The van der Waals surface area contributed by atoms with E-state index in [0.29, 0.717) is 0 Å². The van der Waals surface area contributed by atoms with Crippen molar-refractivity contribution in [3.63, 3.8) is 0 Å². The molecule has 0 aliphatic rings. The Labute approximate surface area is 107 Å². The Kier molecular flexibility index (Phi) is 6.17. The van der Waals surface area contributed by atoms with Crippen LogP contribution in [0.2, 0.25) is 0 Å². The second kappa shape index (κ2) is 6.84. The molecule has 0 spiro atoms. The molecular weight excluding hydrogens is 236 g/mol. The van der Waals surface area contributed by atoms with Crippen LogP contribution in [-0.2, 0) is 9.53 Å². The van der Waals surface area contributed by atoms with E-state index in [1.54, 1.807) is 0 Å². The van der Waals surface area contributed by atoms with Gasteiger partial charge in [0, 0.05) is 6.54 Å². The number of ether oxygens (including phenoxy) is 1. The number of amides is 1. The van der Waals surface area contributed by atoms with E-state index < -0.39 is 17.6 Å². The molecule has 6 nitrogen and oxygen atoms in total. The molecule has 102 valence electrons. The molecule has 0 aliphatic heterocycles. The Balaban J connectivity index is 4.83. The fourth-order valence-corrected chi connectivity index (χ4v) is 1.19. The van der Waals surface area contributed by atoms with Crippen molar-refractivity contribution in [3.05, 3.63) is 0 Å². The van der Waals surface area contributed by atoms with E-state index in [1.165, 1.54) is 13.8 Å². The highest BCUT2D eigenvalue weighted by Crippen LogP contribution is 2.17. The van der Waals surface area contributed by atoms with Crippen LogP contribution in [0, 0.1) is 17.2 Å². The normalized spacial score (nSPS) is 10.9. The topological polar surface area (TPSA) is 90.6 Å². The Morgan fingerprint density at radius 2 is 2.00 bits per heavy atom. The quantitative estimate of drug-likeness (QED) is 0.783. The van der Waals surface area contributed by atoms with Gasteiger partial charge in [-0.05, 0) is 19.8 Å². The molecule has 0 saturated carbocycles. The van der Waals surface area contributed by atoms with E-state index in [0.717, 1.165) is 4.90 Å². The average Bonchev–Trinajstić information content (AvgIpc) is 2.26.